The maximum absolute atomic E-state index is 7.98. The summed E-state index contributed by atoms with van der Waals surface area (Å²) in [4.78, 5) is 2.63. The predicted octanol–water partition coefficient (Wildman–Crippen LogP) is 4.97. The molecule has 0 bridgehead atoms. The van der Waals surface area contributed by atoms with Crippen LogP contribution >= 0.6 is 11.6 Å². The van der Waals surface area contributed by atoms with Crippen LogP contribution in [0.3, 0.4) is 0 Å². The molecule has 2 aromatic carbocycles. The zero-order valence-electron chi connectivity index (χ0n) is 8.49. The van der Waals surface area contributed by atoms with Gasteiger partial charge in [0.25, 0.3) is 0 Å². The predicted molar refractivity (Wildman–Crippen MR) is 66.7 cm³/mol. The highest BCUT2D eigenvalue weighted by atomic mass is 35.5. The molecule has 4 heteroatoms. The number of halogens is 1. The molecule has 80 valence electrons. The average Bonchev–Trinajstić information content (AvgIpc) is 2.33. The quantitative estimate of drug-likeness (QED) is 0.378. The summed E-state index contributed by atoms with van der Waals surface area (Å²) in [6.45, 7) is 0. The Morgan fingerprint density at radius 2 is 1.38 bits per heavy atom. The molecule has 3 nitrogen and oxygen atoms in total. The van der Waals surface area contributed by atoms with E-state index in [0.717, 1.165) is 5.02 Å². The van der Waals surface area contributed by atoms with Crippen LogP contribution in [0, 0.1) is 0 Å². The highest BCUT2D eigenvalue weighted by molar-refractivity contribution is 6.30. The first-order valence-electron chi connectivity index (χ1n) is 4.63. The lowest BCUT2D eigenvalue weighted by molar-refractivity contribution is 1.48. The third-order valence-corrected chi connectivity index (χ3v) is 1.90. The Bertz CT molecular complexity index is 450. The fraction of sp³-hybridized carbons (Fsp3) is 0. The third kappa shape index (κ3) is 5.05. The lowest BCUT2D eigenvalue weighted by Gasteiger charge is -1.83. The second kappa shape index (κ2) is 7.35. The van der Waals surface area contributed by atoms with Crippen molar-refractivity contribution >= 4 is 17.3 Å². The fourth-order valence-electron chi connectivity index (χ4n) is 0.961. The summed E-state index contributed by atoms with van der Waals surface area (Å²) in [6, 6.07) is 18.5. The van der Waals surface area contributed by atoms with Gasteiger partial charge in [-0.05, 0) is 17.7 Å². The Balaban J connectivity index is 0.000000165. The standard InChI is InChI=1S/C6H5Cl.C6H5N3/c7-6-4-2-1-3-5-6;7-9-8-6-4-2-1-3-5-6/h1-5H;1-5H. The van der Waals surface area contributed by atoms with E-state index < -0.39 is 0 Å². The summed E-state index contributed by atoms with van der Waals surface area (Å²) in [6.07, 6.45) is 0. The Kier molecular flexibility index (Phi) is 5.56. The van der Waals surface area contributed by atoms with Gasteiger partial charge >= 0.3 is 0 Å². The minimum atomic E-state index is 0.653. The Morgan fingerprint density at radius 1 is 0.875 bits per heavy atom. The summed E-state index contributed by atoms with van der Waals surface area (Å²) < 4.78 is 0. The second-order valence-electron chi connectivity index (χ2n) is 2.82. The minimum Gasteiger partial charge on any atom is -0.0843 e. The molecule has 0 atom stereocenters. The van der Waals surface area contributed by atoms with Crippen molar-refractivity contribution in [1.29, 1.82) is 0 Å². The molecule has 0 radical (unpaired) electrons. The van der Waals surface area contributed by atoms with Crippen molar-refractivity contribution in [2.24, 2.45) is 5.11 Å². The summed E-state index contributed by atoms with van der Waals surface area (Å²) in [5, 5.41) is 4.18. The lowest BCUT2D eigenvalue weighted by atomic mass is 10.3. The number of hydrogen-bond donors (Lipinski definition) is 0. The highest BCUT2D eigenvalue weighted by Gasteiger charge is 1.79. The molecule has 0 unspecified atom stereocenters. The van der Waals surface area contributed by atoms with E-state index in [-0.39, 0.29) is 0 Å². The van der Waals surface area contributed by atoms with Crippen molar-refractivity contribution in [2.75, 3.05) is 0 Å². The summed E-state index contributed by atoms with van der Waals surface area (Å²) >= 11 is 5.54. The molecule has 0 aliphatic heterocycles. The number of azide groups is 1. The Hall–Kier alpha value is -1.96. The van der Waals surface area contributed by atoms with Crippen LogP contribution in [-0.2, 0) is 0 Å². The maximum atomic E-state index is 7.98. The summed E-state index contributed by atoms with van der Waals surface area (Å²) in [5.41, 5.74) is 8.63. The van der Waals surface area contributed by atoms with Gasteiger partial charge in [-0.2, -0.15) is 0 Å². The van der Waals surface area contributed by atoms with Gasteiger partial charge < -0.3 is 0 Å². The lowest BCUT2D eigenvalue weighted by Crippen LogP contribution is -1.56. The van der Waals surface area contributed by atoms with Crippen LogP contribution < -0.4 is 0 Å². The highest BCUT2D eigenvalue weighted by Crippen LogP contribution is 2.08. The van der Waals surface area contributed by atoms with Crippen molar-refractivity contribution < 1.29 is 0 Å². The molecule has 0 N–H and O–H groups in total. The van der Waals surface area contributed by atoms with Gasteiger partial charge in [0.1, 0.15) is 0 Å². The molecule has 2 rings (SSSR count). The van der Waals surface area contributed by atoms with Gasteiger partial charge in [-0.25, -0.2) is 0 Å². The van der Waals surface area contributed by atoms with E-state index >= 15 is 0 Å². The molecule has 0 fully saturated rings. The van der Waals surface area contributed by atoms with Crippen LogP contribution in [0.5, 0.6) is 0 Å². The van der Waals surface area contributed by atoms with Gasteiger partial charge in [-0.1, -0.05) is 65.2 Å². The Labute approximate surface area is 98.9 Å². The first-order chi connectivity index (χ1) is 7.83. The van der Waals surface area contributed by atoms with Crippen molar-refractivity contribution in [3.8, 4) is 0 Å². The molecule has 16 heavy (non-hydrogen) atoms. The van der Waals surface area contributed by atoms with E-state index in [2.05, 4.69) is 10.0 Å². The second-order valence-corrected chi connectivity index (χ2v) is 3.26. The van der Waals surface area contributed by atoms with E-state index in [4.69, 9.17) is 17.1 Å². The van der Waals surface area contributed by atoms with Crippen LogP contribution in [0.25, 0.3) is 10.4 Å². The van der Waals surface area contributed by atoms with Crippen molar-refractivity contribution in [2.45, 2.75) is 0 Å². The normalized spacial score (nSPS) is 8.31. The molecule has 0 aliphatic rings. The SMILES string of the molecule is Clc1ccccc1.[N-]=[N+]=Nc1ccccc1. The molecule has 0 saturated carbocycles. The van der Waals surface area contributed by atoms with Gasteiger partial charge in [0.05, 0.1) is 0 Å². The molecular weight excluding hydrogens is 222 g/mol. The number of nitrogens with zero attached hydrogens (tertiary/aromatic N) is 3. The van der Waals surface area contributed by atoms with E-state index in [9.17, 15) is 0 Å². The van der Waals surface area contributed by atoms with E-state index in [1.807, 2.05) is 48.5 Å². The van der Waals surface area contributed by atoms with Crippen molar-refractivity contribution in [1.82, 2.24) is 0 Å². The zero-order chi connectivity index (χ0) is 11.6. The van der Waals surface area contributed by atoms with Crippen molar-refractivity contribution in [3.05, 3.63) is 76.1 Å². The molecule has 0 aromatic heterocycles. The average molecular weight is 232 g/mol. The first-order valence-corrected chi connectivity index (χ1v) is 5.01. The van der Waals surface area contributed by atoms with Crippen LogP contribution in [0.15, 0.2) is 65.8 Å². The fourth-order valence-corrected chi connectivity index (χ4v) is 1.11. The Morgan fingerprint density at radius 3 is 1.75 bits per heavy atom. The van der Waals surface area contributed by atoms with Gasteiger partial charge in [-0.15, -0.1) is 0 Å². The van der Waals surface area contributed by atoms with E-state index in [0.29, 0.717) is 5.69 Å². The van der Waals surface area contributed by atoms with Gasteiger partial charge in [0.15, 0.2) is 0 Å². The summed E-state index contributed by atoms with van der Waals surface area (Å²) in [7, 11) is 0. The molecule has 0 aliphatic carbocycles. The molecule has 0 heterocycles. The topological polar surface area (TPSA) is 48.8 Å². The molecule has 0 amide bonds. The zero-order valence-corrected chi connectivity index (χ0v) is 9.25. The largest absolute Gasteiger partial charge is 0.0843 e. The van der Waals surface area contributed by atoms with Crippen LogP contribution in [-0.4, -0.2) is 0 Å². The van der Waals surface area contributed by atoms with E-state index in [1.165, 1.54) is 0 Å². The molecule has 0 spiro atoms. The van der Waals surface area contributed by atoms with Gasteiger partial charge in [0.2, 0.25) is 0 Å². The van der Waals surface area contributed by atoms with Crippen LogP contribution in [0.1, 0.15) is 0 Å². The van der Waals surface area contributed by atoms with Gasteiger partial charge in [-0.3, -0.25) is 0 Å². The van der Waals surface area contributed by atoms with Crippen molar-refractivity contribution in [3.63, 3.8) is 0 Å². The molecular formula is C12H10ClN3. The molecule has 0 saturated heterocycles. The van der Waals surface area contributed by atoms with Gasteiger partial charge in [0, 0.05) is 15.6 Å². The number of hydrogen-bond acceptors (Lipinski definition) is 1. The summed E-state index contributed by atoms with van der Waals surface area (Å²) in [5.74, 6) is 0. The minimum absolute atomic E-state index is 0.653. The third-order valence-electron chi connectivity index (χ3n) is 1.65. The first kappa shape index (κ1) is 12.1. The van der Waals surface area contributed by atoms with E-state index in [1.54, 1.807) is 12.1 Å². The van der Waals surface area contributed by atoms with Crippen LogP contribution in [0.4, 0.5) is 5.69 Å². The van der Waals surface area contributed by atoms with Crippen LogP contribution in [0.2, 0.25) is 5.02 Å². The smallest absolute Gasteiger partial charge is 0.0405 e. The maximum Gasteiger partial charge on any atom is 0.0405 e. The number of benzene rings is 2. The molecule has 2 aromatic rings. The monoisotopic (exact) mass is 231 g/mol. The number of rotatable bonds is 1.